The maximum atomic E-state index is 5.83. The van der Waals surface area contributed by atoms with Crippen molar-refractivity contribution in [3.8, 4) is 11.5 Å². The van der Waals surface area contributed by atoms with Crippen LogP contribution in [0, 0.1) is 0 Å². The summed E-state index contributed by atoms with van der Waals surface area (Å²) in [5.74, 6) is 1.67. The molecule has 2 aliphatic heterocycles. The van der Waals surface area contributed by atoms with Gasteiger partial charge in [-0.25, -0.2) is 0 Å². The van der Waals surface area contributed by atoms with Gasteiger partial charge in [0.15, 0.2) is 11.5 Å². The molecule has 1 atom stereocenters. The van der Waals surface area contributed by atoms with Gasteiger partial charge >= 0.3 is 0 Å². The average Bonchev–Trinajstić information content (AvgIpc) is 2.63. The summed E-state index contributed by atoms with van der Waals surface area (Å²) in [5, 5.41) is 0. The number of hydrogen-bond donors (Lipinski definition) is 0. The zero-order chi connectivity index (χ0) is 15.5. The highest BCUT2D eigenvalue weighted by molar-refractivity contribution is 5.43. The predicted molar refractivity (Wildman–Crippen MR) is 83.4 cm³/mol. The first-order valence-corrected chi connectivity index (χ1v) is 7.87. The van der Waals surface area contributed by atoms with Crippen LogP contribution in [0.1, 0.15) is 17.4 Å². The highest BCUT2D eigenvalue weighted by Gasteiger charge is 2.23. The summed E-state index contributed by atoms with van der Waals surface area (Å²) in [7, 11) is 0. The molecule has 1 aromatic carbocycles. The third-order valence-corrected chi connectivity index (χ3v) is 4.08. The Bertz CT molecular complexity index is 665. The van der Waals surface area contributed by atoms with Gasteiger partial charge in [0.1, 0.15) is 19.3 Å². The van der Waals surface area contributed by atoms with Crippen molar-refractivity contribution in [2.75, 3.05) is 32.9 Å². The van der Waals surface area contributed by atoms with E-state index in [0.29, 0.717) is 19.8 Å². The minimum atomic E-state index is -0.0188. The Balaban J connectivity index is 1.44. The van der Waals surface area contributed by atoms with Crippen molar-refractivity contribution in [2.45, 2.75) is 12.6 Å². The van der Waals surface area contributed by atoms with Crippen molar-refractivity contribution in [1.29, 1.82) is 0 Å². The van der Waals surface area contributed by atoms with Crippen LogP contribution in [0.5, 0.6) is 11.5 Å². The van der Waals surface area contributed by atoms with Gasteiger partial charge in [0, 0.05) is 32.0 Å². The quantitative estimate of drug-likeness (QED) is 0.861. The second-order valence-corrected chi connectivity index (χ2v) is 5.70. The van der Waals surface area contributed by atoms with E-state index in [9.17, 15) is 0 Å². The summed E-state index contributed by atoms with van der Waals surface area (Å²) in [6.07, 6.45) is 5.14. The minimum absolute atomic E-state index is 0.0188. The van der Waals surface area contributed by atoms with Gasteiger partial charge in [0.05, 0.1) is 18.5 Å². The van der Waals surface area contributed by atoms with Crippen molar-refractivity contribution >= 4 is 0 Å². The van der Waals surface area contributed by atoms with Crippen molar-refractivity contribution in [3.05, 3.63) is 48.0 Å². The molecule has 2 aliphatic rings. The topological polar surface area (TPSA) is 56.7 Å². The number of rotatable bonds is 3. The molecular weight excluding hydrogens is 294 g/mol. The Morgan fingerprint density at radius 1 is 1.09 bits per heavy atom. The van der Waals surface area contributed by atoms with Crippen LogP contribution in [-0.4, -0.2) is 47.8 Å². The van der Waals surface area contributed by atoms with Gasteiger partial charge in [-0.3, -0.25) is 14.9 Å². The molecule has 1 fully saturated rings. The fourth-order valence-corrected chi connectivity index (χ4v) is 2.95. The summed E-state index contributed by atoms with van der Waals surface area (Å²) in [6, 6.07) is 6.16. The van der Waals surface area contributed by atoms with E-state index in [2.05, 4.69) is 27.0 Å². The monoisotopic (exact) mass is 313 g/mol. The van der Waals surface area contributed by atoms with Gasteiger partial charge in [-0.15, -0.1) is 0 Å². The lowest BCUT2D eigenvalue weighted by molar-refractivity contribution is -0.0351. The molecule has 0 spiro atoms. The van der Waals surface area contributed by atoms with E-state index >= 15 is 0 Å². The zero-order valence-electron chi connectivity index (χ0n) is 12.9. The van der Waals surface area contributed by atoms with E-state index in [-0.39, 0.29) is 6.10 Å². The van der Waals surface area contributed by atoms with Gasteiger partial charge in [-0.05, 0) is 17.7 Å². The molecule has 2 aromatic rings. The van der Waals surface area contributed by atoms with Gasteiger partial charge in [0.2, 0.25) is 0 Å². The molecule has 1 saturated heterocycles. The molecule has 0 aliphatic carbocycles. The molecular formula is C17H19N3O3. The first-order valence-electron chi connectivity index (χ1n) is 7.87. The summed E-state index contributed by atoms with van der Waals surface area (Å²) >= 11 is 0. The number of nitrogens with zero attached hydrogens (tertiary/aromatic N) is 3. The molecule has 1 unspecified atom stereocenters. The highest BCUT2D eigenvalue weighted by Crippen LogP contribution is 2.31. The lowest BCUT2D eigenvalue weighted by Crippen LogP contribution is -2.38. The Hall–Kier alpha value is -2.18. The van der Waals surface area contributed by atoms with E-state index in [1.807, 2.05) is 6.07 Å². The number of ether oxygens (including phenoxy) is 3. The van der Waals surface area contributed by atoms with Crippen LogP contribution >= 0.6 is 0 Å². The van der Waals surface area contributed by atoms with Crippen molar-refractivity contribution in [1.82, 2.24) is 14.9 Å². The highest BCUT2D eigenvalue weighted by atomic mass is 16.6. The minimum Gasteiger partial charge on any atom is -0.486 e. The molecule has 0 amide bonds. The largest absolute Gasteiger partial charge is 0.486 e. The number of benzene rings is 1. The molecule has 4 rings (SSSR count). The molecule has 1 aromatic heterocycles. The second kappa shape index (κ2) is 6.52. The van der Waals surface area contributed by atoms with Crippen LogP contribution in [0.2, 0.25) is 0 Å². The molecule has 0 N–H and O–H groups in total. The summed E-state index contributed by atoms with van der Waals surface area (Å²) in [4.78, 5) is 10.8. The molecule has 6 heteroatoms. The van der Waals surface area contributed by atoms with Gasteiger partial charge < -0.3 is 14.2 Å². The van der Waals surface area contributed by atoms with Crippen LogP contribution in [0.25, 0.3) is 0 Å². The summed E-state index contributed by atoms with van der Waals surface area (Å²) in [6.45, 7) is 4.51. The molecule has 0 bridgehead atoms. The Labute approximate surface area is 135 Å². The normalized spacial score (nSPS) is 21.1. The smallest absolute Gasteiger partial charge is 0.161 e. The first-order chi connectivity index (χ1) is 11.4. The zero-order valence-corrected chi connectivity index (χ0v) is 12.9. The van der Waals surface area contributed by atoms with Crippen molar-refractivity contribution in [3.63, 3.8) is 0 Å². The Morgan fingerprint density at radius 3 is 2.87 bits per heavy atom. The maximum Gasteiger partial charge on any atom is 0.161 e. The number of hydrogen-bond acceptors (Lipinski definition) is 6. The third kappa shape index (κ3) is 3.28. The van der Waals surface area contributed by atoms with Crippen molar-refractivity contribution in [2.24, 2.45) is 0 Å². The molecule has 0 radical (unpaired) electrons. The SMILES string of the molecule is c1cnc(C2CN(Cc3ccc4c(c3)OCCO4)CCO2)cn1. The van der Waals surface area contributed by atoms with Gasteiger partial charge in [0.25, 0.3) is 0 Å². The second-order valence-electron chi connectivity index (χ2n) is 5.70. The van der Waals surface area contributed by atoms with Crippen molar-refractivity contribution < 1.29 is 14.2 Å². The molecule has 23 heavy (non-hydrogen) atoms. The fourth-order valence-electron chi connectivity index (χ4n) is 2.95. The van der Waals surface area contributed by atoms with E-state index in [4.69, 9.17) is 14.2 Å². The van der Waals surface area contributed by atoms with Crippen LogP contribution < -0.4 is 9.47 Å². The number of morpholine rings is 1. The molecule has 120 valence electrons. The number of fused-ring (bicyclic) bond motifs is 1. The van der Waals surface area contributed by atoms with Gasteiger partial charge in [-0.2, -0.15) is 0 Å². The molecule has 3 heterocycles. The first kappa shape index (κ1) is 14.4. The predicted octanol–water partition coefficient (Wildman–Crippen LogP) is 1.82. The number of aromatic nitrogens is 2. The van der Waals surface area contributed by atoms with Crippen LogP contribution in [0.4, 0.5) is 0 Å². The fraction of sp³-hybridized carbons (Fsp3) is 0.412. The van der Waals surface area contributed by atoms with E-state index in [1.165, 1.54) is 5.56 Å². The third-order valence-electron chi connectivity index (χ3n) is 4.08. The lowest BCUT2D eigenvalue weighted by Gasteiger charge is -2.32. The molecule has 6 nitrogen and oxygen atoms in total. The Kier molecular flexibility index (Phi) is 4.08. The summed E-state index contributed by atoms with van der Waals surface area (Å²) in [5.41, 5.74) is 2.11. The van der Waals surface area contributed by atoms with Crippen LogP contribution in [-0.2, 0) is 11.3 Å². The lowest BCUT2D eigenvalue weighted by atomic mass is 10.1. The average molecular weight is 313 g/mol. The molecule has 0 saturated carbocycles. The van der Waals surface area contributed by atoms with Gasteiger partial charge in [-0.1, -0.05) is 6.07 Å². The Morgan fingerprint density at radius 2 is 2.00 bits per heavy atom. The van der Waals surface area contributed by atoms with E-state index in [0.717, 1.165) is 36.8 Å². The summed E-state index contributed by atoms with van der Waals surface area (Å²) < 4.78 is 17.1. The van der Waals surface area contributed by atoms with Crippen LogP contribution in [0.15, 0.2) is 36.8 Å². The van der Waals surface area contributed by atoms with E-state index in [1.54, 1.807) is 18.6 Å². The van der Waals surface area contributed by atoms with Crippen LogP contribution in [0.3, 0.4) is 0 Å². The maximum absolute atomic E-state index is 5.83. The van der Waals surface area contributed by atoms with E-state index < -0.39 is 0 Å². The standard InChI is InChI=1S/C17H19N3O3/c1-2-15-16(23-8-7-22-15)9-13(1)11-20-5-6-21-17(12-20)14-10-18-3-4-19-14/h1-4,9-10,17H,5-8,11-12H2.